The molecule has 0 radical (unpaired) electrons. The van der Waals surface area contributed by atoms with Crippen molar-refractivity contribution in [2.75, 3.05) is 5.32 Å². The number of aryl methyl sites for hydroxylation is 1. The summed E-state index contributed by atoms with van der Waals surface area (Å²) in [6.45, 7) is 2.22. The van der Waals surface area contributed by atoms with Crippen LogP contribution in [0.5, 0.6) is 5.75 Å². The second-order valence-electron chi connectivity index (χ2n) is 6.65. The number of halogens is 1. The SMILES string of the molecule is Cc1cc(OCc2cccc(F)c2)ccc1NC(=O)C1CCC(N)C1. The van der Waals surface area contributed by atoms with Crippen molar-refractivity contribution in [3.63, 3.8) is 0 Å². The first kappa shape index (κ1) is 17.4. The second kappa shape index (κ2) is 7.66. The molecule has 2 unspecified atom stereocenters. The number of hydrogen-bond donors (Lipinski definition) is 2. The molecule has 0 saturated heterocycles. The first-order chi connectivity index (χ1) is 12.0. The predicted molar refractivity (Wildman–Crippen MR) is 95.9 cm³/mol. The second-order valence-corrected chi connectivity index (χ2v) is 6.65. The Kier molecular flexibility index (Phi) is 5.34. The first-order valence-corrected chi connectivity index (χ1v) is 8.55. The minimum Gasteiger partial charge on any atom is -0.489 e. The fraction of sp³-hybridized carbons (Fsp3) is 0.350. The van der Waals surface area contributed by atoms with Gasteiger partial charge in [0.2, 0.25) is 5.91 Å². The molecule has 5 heteroatoms. The predicted octanol–water partition coefficient (Wildman–Crippen LogP) is 3.78. The highest BCUT2D eigenvalue weighted by molar-refractivity contribution is 5.93. The molecule has 4 nitrogen and oxygen atoms in total. The summed E-state index contributed by atoms with van der Waals surface area (Å²) in [6, 6.07) is 12.0. The molecule has 2 aromatic rings. The van der Waals surface area contributed by atoms with Crippen LogP contribution >= 0.6 is 0 Å². The Bertz CT molecular complexity index is 763. The molecular formula is C20H23FN2O2. The Morgan fingerprint density at radius 3 is 2.80 bits per heavy atom. The van der Waals surface area contributed by atoms with Crippen molar-refractivity contribution in [1.29, 1.82) is 0 Å². The van der Waals surface area contributed by atoms with Gasteiger partial charge in [-0.05, 0) is 67.6 Å². The van der Waals surface area contributed by atoms with Crippen LogP contribution in [0.4, 0.5) is 10.1 Å². The van der Waals surface area contributed by atoms with Crippen molar-refractivity contribution >= 4 is 11.6 Å². The average Bonchev–Trinajstić information content (AvgIpc) is 3.02. The van der Waals surface area contributed by atoms with E-state index in [1.165, 1.54) is 12.1 Å². The van der Waals surface area contributed by atoms with E-state index < -0.39 is 0 Å². The van der Waals surface area contributed by atoms with Crippen molar-refractivity contribution in [1.82, 2.24) is 0 Å². The minimum absolute atomic E-state index is 0.00157. The molecule has 1 aliphatic rings. The lowest BCUT2D eigenvalue weighted by Gasteiger charge is -2.14. The van der Waals surface area contributed by atoms with Gasteiger partial charge in [0.05, 0.1) is 0 Å². The summed E-state index contributed by atoms with van der Waals surface area (Å²) in [7, 11) is 0. The van der Waals surface area contributed by atoms with Gasteiger partial charge in [0.25, 0.3) is 0 Å². The Morgan fingerprint density at radius 1 is 1.28 bits per heavy atom. The summed E-state index contributed by atoms with van der Waals surface area (Å²) in [5.41, 5.74) is 8.35. The van der Waals surface area contributed by atoms with E-state index in [1.807, 2.05) is 31.2 Å². The van der Waals surface area contributed by atoms with E-state index in [1.54, 1.807) is 6.07 Å². The summed E-state index contributed by atoms with van der Waals surface area (Å²) >= 11 is 0. The number of nitrogens with one attached hydrogen (secondary N) is 1. The monoisotopic (exact) mass is 342 g/mol. The van der Waals surface area contributed by atoms with Crippen LogP contribution in [-0.2, 0) is 11.4 Å². The van der Waals surface area contributed by atoms with Gasteiger partial charge in [-0.3, -0.25) is 4.79 Å². The lowest BCUT2D eigenvalue weighted by molar-refractivity contribution is -0.119. The van der Waals surface area contributed by atoms with Crippen LogP contribution in [0.25, 0.3) is 0 Å². The minimum atomic E-state index is -0.276. The van der Waals surface area contributed by atoms with Crippen LogP contribution in [0.2, 0.25) is 0 Å². The molecular weight excluding hydrogens is 319 g/mol. The fourth-order valence-corrected chi connectivity index (χ4v) is 3.15. The average molecular weight is 342 g/mol. The summed E-state index contributed by atoms with van der Waals surface area (Å²) in [5.74, 6) is 0.437. The largest absolute Gasteiger partial charge is 0.489 e. The van der Waals surface area contributed by atoms with Gasteiger partial charge < -0.3 is 15.8 Å². The van der Waals surface area contributed by atoms with E-state index >= 15 is 0 Å². The maximum atomic E-state index is 13.2. The van der Waals surface area contributed by atoms with E-state index in [4.69, 9.17) is 10.5 Å². The first-order valence-electron chi connectivity index (χ1n) is 8.55. The number of carbonyl (C=O) groups is 1. The molecule has 1 amide bonds. The van der Waals surface area contributed by atoms with Crippen LogP contribution < -0.4 is 15.8 Å². The highest BCUT2D eigenvalue weighted by Crippen LogP contribution is 2.27. The zero-order valence-electron chi connectivity index (χ0n) is 14.3. The summed E-state index contributed by atoms with van der Waals surface area (Å²) in [5, 5.41) is 2.98. The number of anilines is 1. The fourth-order valence-electron chi connectivity index (χ4n) is 3.15. The van der Waals surface area contributed by atoms with Gasteiger partial charge in [0.1, 0.15) is 18.2 Å². The number of benzene rings is 2. The maximum Gasteiger partial charge on any atom is 0.227 e. The molecule has 132 valence electrons. The van der Waals surface area contributed by atoms with Crippen molar-refractivity contribution < 1.29 is 13.9 Å². The van der Waals surface area contributed by atoms with Gasteiger partial charge in [-0.1, -0.05) is 12.1 Å². The maximum absolute atomic E-state index is 13.2. The summed E-state index contributed by atoms with van der Waals surface area (Å²) in [6.07, 6.45) is 2.50. The molecule has 0 bridgehead atoms. The third kappa shape index (κ3) is 4.57. The van der Waals surface area contributed by atoms with E-state index in [-0.39, 0.29) is 23.7 Å². The standard InChI is InChI=1S/C20H23FN2O2/c1-13-9-18(25-12-14-3-2-4-16(21)10-14)7-8-19(13)23-20(24)15-5-6-17(22)11-15/h2-4,7-10,15,17H,5-6,11-12,22H2,1H3,(H,23,24). The Labute approximate surface area is 147 Å². The third-order valence-electron chi connectivity index (χ3n) is 4.59. The number of rotatable bonds is 5. The van der Waals surface area contributed by atoms with Crippen LogP contribution in [0.1, 0.15) is 30.4 Å². The highest BCUT2D eigenvalue weighted by atomic mass is 19.1. The van der Waals surface area contributed by atoms with Gasteiger partial charge in [-0.15, -0.1) is 0 Å². The van der Waals surface area contributed by atoms with Crippen LogP contribution in [0.3, 0.4) is 0 Å². The van der Waals surface area contributed by atoms with Crippen molar-refractivity contribution in [3.05, 3.63) is 59.4 Å². The van der Waals surface area contributed by atoms with E-state index in [0.717, 1.165) is 36.1 Å². The summed E-state index contributed by atoms with van der Waals surface area (Å²) < 4.78 is 18.9. The Balaban J connectivity index is 1.59. The highest BCUT2D eigenvalue weighted by Gasteiger charge is 2.27. The summed E-state index contributed by atoms with van der Waals surface area (Å²) in [4.78, 5) is 12.3. The molecule has 25 heavy (non-hydrogen) atoms. The lowest BCUT2D eigenvalue weighted by Crippen LogP contribution is -2.23. The van der Waals surface area contributed by atoms with Crippen molar-refractivity contribution in [3.8, 4) is 5.75 Å². The van der Waals surface area contributed by atoms with E-state index in [9.17, 15) is 9.18 Å². The molecule has 1 aliphatic carbocycles. The van der Waals surface area contributed by atoms with E-state index in [0.29, 0.717) is 12.4 Å². The van der Waals surface area contributed by atoms with Crippen LogP contribution in [0.15, 0.2) is 42.5 Å². The zero-order valence-corrected chi connectivity index (χ0v) is 14.3. The molecule has 0 spiro atoms. The van der Waals surface area contributed by atoms with E-state index in [2.05, 4.69) is 5.32 Å². The van der Waals surface area contributed by atoms with Gasteiger partial charge in [-0.25, -0.2) is 4.39 Å². The molecule has 0 aliphatic heterocycles. The molecule has 0 heterocycles. The molecule has 1 saturated carbocycles. The number of nitrogens with two attached hydrogens (primary N) is 1. The molecule has 1 fully saturated rings. The molecule has 3 N–H and O–H groups in total. The number of ether oxygens (including phenoxy) is 1. The third-order valence-corrected chi connectivity index (χ3v) is 4.59. The van der Waals surface area contributed by atoms with Gasteiger partial charge >= 0.3 is 0 Å². The molecule has 3 rings (SSSR count). The van der Waals surface area contributed by atoms with Gasteiger partial charge in [0, 0.05) is 17.6 Å². The molecule has 0 aromatic heterocycles. The molecule has 2 aromatic carbocycles. The van der Waals surface area contributed by atoms with Gasteiger partial charge in [0.15, 0.2) is 0 Å². The normalized spacial score (nSPS) is 19.6. The lowest BCUT2D eigenvalue weighted by atomic mass is 10.1. The quantitative estimate of drug-likeness (QED) is 0.869. The Morgan fingerprint density at radius 2 is 2.12 bits per heavy atom. The number of carbonyl (C=O) groups excluding carboxylic acids is 1. The molecule has 2 atom stereocenters. The Hall–Kier alpha value is -2.40. The topological polar surface area (TPSA) is 64.3 Å². The van der Waals surface area contributed by atoms with Crippen LogP contribution in [0, 0.1) is 18.7 Å². The van der Waals surface area contributed by atoms with Crippen molar-refractivity contribution in [2.24, 2.45) is 11.7 Å². The van der Waals surface area contributed by atoms with Crippen molar-refractivity contribution in [2.45, 2.75) is 38.8 Å². The smallest absolute Gasteiger partial charge is 0.227 e. The number of amides is 1. The van der Waals surface area contributed by atoms with Crippen LogP contribution in [-0.4, -0.2) is 11.9 Å². The zero-order chi connectivity index (χ0) is 17.8. The number of hydrogen-bond acceptors (Lipinski definition) is 3. The van der Waals surface area contributed by atoms with Gasteiger partial charge in [-0.2, -0.15) is 0 Å².